The molecule has 11 heteroatoms. The number of hydrogen-bond donors (Lipinski definition) is 1. The van der Waals surface area contributed by atoms with Crippen LogP contribution in [0.4, 0.5) is 22.7 Å². The van der Waals surface area contributed by atoms with Crippen molar-refractivity contribution < 1.29 is 24.2 Å². The fourth-order valence-corrected chi connectivity index (χ4v) is 3.45. The van der Waals surface area contributed by atoms with E-state index in [4.69, 9.17) is 4.74 Å². The number of nitro groups is 2. The molecule has 0 atom stereocenters. The predicted octanol–water partition coefficient (Wildman–Crippen LogP) is 3.53. The zero-order valence-corrected chi connectivity index (χ0v) is 17.4. The second-order valence-electron chi connectivity index (χ2n) is 7.53. The van der Waals surface area contributed by atoms with Gasteiger partial charge in [-0.2, -0.15) is 0 Å². The molecule has 1 heterocycles. The van der Waals surface area contributed by atoms with Crippen LogP contribution in [0.1, 0.15) is 30.1 Å². The third kappa shape index (κ3) is 5.36. The molecule has 3 rings (SSSR count). The lowest BCUT2D eigenvalue weighted by atomic mass is 9.98. The van der Waals surface area contributed by atoms with Crippen LogP contribution >= 0.6 is 0 Å². The van der Waals surface area contributed by atoms with E-state index >= 15 is 0 Å². The van der Waals surface area contributed by atoms with Gasteiger partial charge in [0.2, 0.25) is 0 Å². The van der Waals surface area contributed by atoms with E-state index in [0.29, 0.717) is 24.7 Å². The number of nitro benzene ring substituents is 2. The Bertz CT molecular complexity index is 1050. The number of nitrogens with one attached hydrogen (secondary N) is 1. The molecule has 1 saturated heterocycles. The fourth-order valence-electron chi connectivity index (χ4n) is 3.45. The molecule has 0 saturated carbocycles. The topological polar surface area (TPSA) is 145 Å². The molecule has 0 spiro atoms. The van der Waals surface area contributed by atoms with Gasteiger partial charge in [-0.05, 0) is 37.0 Å². The first-order chi connectivity index (χ1) is 15.3. The molecule has 0 unspecified atom stereocenters. The fraction of sp³-hybridized carbons (Fsp3) is 0.333. The van der Waals surface area contributed by atoms with Gasteiger partial charge in [0.25, 0.3) is 17.3 Å². The van der Waals surface area contributed by atoms with Gasteiger partial charge in [0.1, 0.15) is 11.4 Å². The number of carbonyl (C=O) groups excluding carboxylic acids is 2. The number of nitrogens with zero attached hydrogens (tertiary/aromatic N) is 3. The van der Waals surface area contributed by atoms with Crippen LogP contribution in [0.5, 0.6) is 0 Å². The average Bonchev–Trinajstić information content (AvgIpc) is 2.77. The molecule has 1 aliphatic rings. The minimum Gasteiger partial charge on any atom is -0.452 e. The van der Waals surface area contributed by atoms with Crippen LogP contribution < -0.4 is 10.2 Å². The highest BCUT2D eigenvalue weighted by molar-refractivity contribution is 5.97. The summed E-state index contributed by atoms with van der Waals surface area (Å²) in [6.45, 7) is 2.82. The molecule has 32 heavy (non-hydrogen) atoms. The first kappa shape index (κ1) is 22.7. The number of esters is 1. The quantitative estimate of drug-likeness (QED) is 0.389. The Morgan fingerprint density at radius 1 is 1.06 bits per heavy atom. The zero-order chi connectivity index (χ0) is 23.3. The predicted molar refractivity (Wildman–Crippen MR) is 116 cm³/mol. The molecule has 1 N–H and O–H groups in total. The van der Waals surface area contributed by atoms with Crippen molar-refractivity contribution in [2.75, 3.05) is 29.9 Å². The zero-order valence-electron chi connectivity index (χ0n) is 17.4. The van der Waals surface area contributed by atoms with E-state index in [0.717, 1.165) is 18.9 Å². The van der Waals surface area contributed by atoms with E-state index in [9.17, 15) is 29.8 Å². The summed E-state index contributed by atoms with van der Waals surface area (Å²) in [7, 11) is 0. The van der Waals surface area contributed by atoms with Crippen molar-refractivity contribution in [3.8, 4) is 0 Å². The number of benzene rings is 2. The molecule has 0 bridgehead atoms. The van der Waals surface area contributed by atoms with Crippen molar-refractivity contribution >= 4 is 34.6 Å². The normalized spacial score (nSPS) is 14.0. The third-order valence-corrected chi connectivity index (χ3v) is 5.24. The Morgan fingerprint density at radius 3 is 2.38 bits per heavy atom. The molecule has 1 amide bonds. The summed E-state index contributed by atoms with van der Waals surface area (Å²) in [5.74, 6) is -1.13. The second kappa shape index (κ2) is 9.86. The van der Waals surface area contributed by atoms with Gasteiger partial charge in [-0.25, -0.2) is 4.79 Å². The first-order valence-corrected chi connectivity index (χ1v) is 10.00. The summed E-state index contributed by atoms with van der Waals surface area (Å²) in [6.07, 6.45) is 1.85. The molecule has 1 aliphatic heterocycles. The monoisotopic (exact) mass is 442 g/mol. The van der Waals surface area contributed by atoms with Crippen LogP contribution in [0.2, 0.25) is 0 Å². The van der Waals surface area contributed by atoms with Crippen molar-refractivity contribution in [1.29, 1.82) is 0 Å². The molecular weight excluding hydrogens is 420 g/mol. The van der Waals surface area contributed by atoms with Gasteiger partial charge in [-0.3, -0.25) is 25.0 Å². The van der Waals surface area contributed by atoms with Crippen LogP contribution in [0.3, 0.4) is 0 Å². The summed E-state index contributed by atoms with van der Waals surface area (Å²) < 4.78 is 4.94. The summed E-state index contributed by atoms with van der Waals surface area (Å²) in [6, 6.07) is 9.61. The highest BCUT2D eigenvalue weighted by Crippen LogP contribution is 2.32. The van der Waals surface area contributed by atoms with E-state index in [1.165, 1.54) is 36.4 Å². The number of carbonyl (C=O) groups is 2. The number of amides is 1. The second-order valence-corrected chi connectivity index (χ2v) is 7.53. The third-order valence-electron chi connectivity index (χ3n) is 5.24. The molecule has 1 fully saturated rings. The lowest BCUT2D eigenvalue weighted by Gasteiger charge is -2.31. The molecular formula is C21H22N4O7. The molecule has 2 aromatic rings. The van der Waals surface area contributed by atoms with Gasteiger partial charge in [-0.1, -0.05) is 19.1 Å². The molecule has 2 aromatic carbocycles. The molecule has 11 nitrogen and oxygen atoms in total. The Labute approximate surface area is 183 Å². The van der Waals surface area contributed by atoms with Gasteiger partial charge < -0.3 is 15.0 Å². The average molecular weight is 442 g/mol. The van der Waals surface area contributed by atoms with E-state index in [1.807, 2.05) is 4.90 Å². The molecule has 0 aliphatic carbocycles. The summed E-state index contributed by atoms with van der Waals surface area (Å²) in [5.41, 5.74) is -0.171. The van der Waals surface area contributed by atoms with Crippen molar-refractivity contribution in [1.82, 2.24) is 0 Å². The minimum absolute atomic E-state index is 0.0330. The summed E-state index contributed by atoms with van der Waals surface area (Å²) in [5, 5.41) is 24.9. The van der Waals surface area contributed by atoms with Gasteiger partial charge in [-0.15, -0.1) is 0 Å². The van der Waals surface area contributed by atoms with Crippen LogP contribution in [0.15, 0.2) is 42.5 Å². The van der Waals surface area contributed by atoms with Gasteiger partial charge in [0.15, 0.2) is 6.61 Å². The van der Waals surface area contributed by atoms with E-state index in [2.05, 4.69) is 12.2 Å². The maximum Gasteiger partial charge on any atom is 0.338 e. The number of rotatable bonds is 7. The van der Waals surface area contributed by atoms with E-state index in [-0.39, 0.29) is 22.6 Å². The number of anilines is 2. The highest BCUT2D eigenvalue weighted by atomic mass is 16.6. The van der Waals surface area contributed by atoms with E-state index < -0.39 is 28.3 Å². The van der Waals surface area contributed by atoms with Crippen LogP contribution in [-0.2, 0) is 9.53 Å². The summed E-state index contributed by atoms with van der Waals surface area (Å²) in [4.78, 5) is 47.7. The van der Waals surface area contributed by atoms with Gasteiger partial charge in [0, 0.05) is 25.2 Å². The minimum atomic E-state index is -0.912. The SMILES string of the molecule is CC1CCN(c2ccc(C(=O)OCC(=O)Nc3ccccc3[N+](=O)[O-])cc2[N+](=O)[O-])CC1. The number of para-hydroxylation sites is 2. The van der Waals surface area contributed by atoms with Crippen LogP contribution in [-0.4, -0.2) is 41.4 Å². The van der Waals surface area contributed by atoms with Crippen LogP contribution in [0.25, 0.3) is 0 Å². The lowest BCUT2D eigenvalue weighted by Crippen LogP contribution is -2.33. The highest BCUT2D eigenvalue weighted by Gasteiger charge is 2.25. The lowest BCUT2D eigenvalue weighted by molar-refractivity contribution is -0.384. The number of piperidine rings is 1. The molecule has 168 valence electrons. The molecule has 0 aromatic heterocycles. The maximum atomic E-state index is 12.3. The smallest absolute Gasteiger partial charge is 0.338 e. The van der Waals surface area contributed by atoms with Crippen molar-refractivity contribution in [2.24, 2.45) is 5.92 Å². The maximum absolute atomic E-state index is 12.3. The Hall–Kier alpha value is -4.02. The Kier molecular flexibility index (Phi) is 6.98. The van der Waals surface area contributed by atoms with Crippen molar-refractivity contribution in [3.63, 3.8) is 0 Å². The van der Waals surface area contributed by atoms with Crippen LogP contribution in [0, 0.1) is 26.1 Å². The van der Waals surface area contributed by atoms with Crippen molar-refractivity contribution in [2.45, 2.75) is 19.8 Å². The largest absolute Gasteiger partial charge is 0.452 e. The number of ether oxygens (including phenoxy) is 1. The Morgan fingerprint density at radius 2 is 1.72 bits per heavy atom. The Balaban J connectivity index is 1.66. The van der Waals surface area contributed by atoms with E-state index in [1.54, 1.807) is 0 Å². The van der Waals surface area contributed by atoms with Crippen molar-refractivity contribution in [3.05, 3.63) is 68.3 Å². The number of hydrogen-bond acceptors (Lipinski definition) is 8. The first-order valence-electron chi connectivity index (χ1n) is 10.00. The standard InChI is InChI=1S/C21H22N4O7/c1-14-8-10-23(11-9-14)18-7-6-15(12-19(18)25(30)31)21(27)32-13-20(26)22-16-4-2-3-5-17(16)24(28)29/h2-7,12,14H,8-11,13H2,1H3,(H,22,26). The van der Waals surface area contributed by atoms with Gasteiger partial charge in [0.05, 0.1) is 15.4 Å². The summed E-state index contributed by atoms with van der Waals surface area (Å²) >= 11 is 0. The van der Waals surface area contributed by atoms with Gasteiger partial charge >= 0.3 is 5.97 Å². The molecule has 0 radical (unpaired) electrons.